The van der Waals surface area contributed by atoms with Gasteiger partial charge in [-0.3, -0.25) is 0 Å². The van der Waals surface area contributed by atoms with Gasteiger partial charge < -0.3 is 5.11 Å². The van der Waals surface area contributed by atoms with E-state index >= 15 is 0 Å². The van der Waals surface area contributed by atoms with Gasteiger partial charge in [-0.1, -0.05) is 17.6 Å². The first-order valence-electron chi connectivity index (χ1n) is 4.82. The summed E-state index contributed by atoms with van der Waals surface area (Å²) in [7, 11) is -1.81. The quantitative estimate of drug-likeness (QED) is 0.723. The van der Waals surface area contributed by atoms with E-state index < -0.39 is 27.5 Å². The molecular formula is C7H17N3O5S2. The molecule has 1 atom stereocenters. The Morgan fingerprint density at radius 1 is 1.24 bits per heavy atom. The van der Waals surface area contributed by atoms with Crippen molar-refractivity contribution in [1.29, 1.82) is 0 Å². The van der Waals surface area contributed by atoms with Crippen LogP contribution in [0.1, 0.15) is 13.8 Å². The zero-order valence-corrected chi connectivity index (χ0v) is 11.8. The summed E-state index contributed by atoms with van der Waals surface area (Å²) in [4.78, 5) is 10.6. The van der Waals surface area contributed by atoms with Crippen LogP contribution in [0.15, 0.2) is 0 Å². The van der Waals surface area contributed by atoms with E-state index in [0.717, 1.165) is 18.4 Å². The van der Waals surface area contributed by atoms with Crippen molar-refractivity contribution in [1.82, 2.24) is 12.3 Å². The number of amides is 1. The fourth-order valence-electron chi connectivity index (χ4n) is 1.03. The fraction of sp³-hybridized carbons (Fsp3) is 0.857. The Morgan fingerprint density at radius 3 is 1.94 bits per heavy atom. The summed E-state index contributed by atoms with van der Waals surface area (Å²) in [5, 5.41) is 8.62. The summed E-state index contributed by atoms with van der Waals surface area (Å²) < 4.78 is 37.5. The van der Waals surface area contributed by atoms with Gasteiger partial charge in [-0.25, -0.2) is 13.3 Å². The highest BCUT2D eigenvalue weighted by molar-refractivity contribution is 7.99. The molecule has 17 heavy (non-hydrogen) atoms. The molecule has 1 N–H and O–H groups in total. The van der Waals surface area contributed by atoms with Crippen molar-refractivity contribution < 1.29 is 22.5 Å². The molecule has 0 radical (unpaired) electrons. The second-order valence-corrected chi connectivity index (χ2v) is 6.76. The number of nitrogens with zero attached hydrogens (tertiary/aromatic N) is 3. The average Bonchev–Trinajstić information content (AvgIpc) is 2.27. The normalized spacial score (nSPS) is 14.0. The monoisotopic (exact) mass is 287 g/mol. The maximum atomic E-state index is 11.9. The van der Waals surface area contributed by atoms with E-state index in [1.807, 2.05) is 0 Å². The molecule has 10 heteroatoms. The number of carbonyl (C=O) groups is 1. The van der Waals surface area contributed by atoms with Crippen LogP contribution >= 0.6 is 0 Å². The molecular weight excluding hydrogens is 270 g/mol. The van der Waals surface area contributed by atoms with Crippen molar-refractivity contribution in [2.75, 3.05) is 27.2 Å². The lowest BCUT2D eigenvalue weighted by Gasteiger charge is -2.26. The van der Waals surface area contributed by atoms with E-state index in [0.29, 0.717) is 8.02 Å². The third-order valence-electron chi connectivity index (χ3n) is 2.08. The Morgan fingerprint density at radius 2 is 1.65 bits per heavy atom. The number of hydrogen-bond acceptors (Lipinski definition) is 4. The van der Waals surface area contributed by atoms with E-state index in [4.69, 9.17) is 5.11 Å². The predicted molar refractivity (Wildman–Crippen MR) is 63.5 cm³/mol. The van der Waals surface area contributed by atoms with Crippen LogP contribution in [0.3, 0.4) is 0 Å². The molecule has 102 valence electrons. The molecule has 0 aromatic carbocycles. The lowest BCUT2D eigenvalue weighted by molar-refractivity contribution is 0.179. The van der Waals surface area contributed by atoms with E-state index in [2.05, 4.69) is 0 Å². The standard InChI is InChI=1S/C7H17N3O5S2/c1-5-10(6-2)17(14,15)9(4)16(13)8(3)7(11)12/h5-6H2,1-4H3,(H,11,12). The molecule has 0 bridgehead atoms. The molecule has 0 aromatic heterocycles. The molecule has 0 aliphatic rings. The van der Waals surface area contributed by atoms with Crippen molar-refractivity contribution in [3.63, 3.8) is 0 Å². The van der Waals surface area contributed by atoms with Gasteiger partial charge in [-0.15, -0.1) is 0 Å². The summed E-state index contributed by atoms with van der Waals surface area (Å²) >= 11 is -2.30. The van der Waals surface area contributed by atoms with Gasteiger partial charge >= 0.3 is 6.09 Å². The molecule has 0 aliphatic carbocycles. The van der Waals surface area contributed by atoms with E-state index in [9.17, 15) is 17.4 Å². The molecule has 0 spiro atoms. The smallest absolute Gasteiger partial charge is 0.420 e. The molecule has 0 fully saturated rings. The minimum Gasteiger partial charge on any atom is -0.464 e. The molecule has 1 unspecified atom stereocenters. The number of hydrogen-bond donors (Lipinski definition) is 1. The lowest BCUT2D eigenvalue weighted by atomic mass is 10.7. The average molecular weight is 287 g/mol. The first-order chi connectivity index (χ1) is 7.69. The van der Waals surface area contributed by atoms with Crippen LogP contribution in [0.2, 0.25) is 0 Å². The molecule has 0 saturated carbocycles. The van der Waals surface area contributed by atoms with Crippen molar-refractivity contribution in [3.05, 3.63) is 0 Å². The first-order valence-corrected chi connectivity index (χ1v) is 7.28. The van der Waals surface area contributed by atoms with Crippen LogP contribution in [0.25, 0.3) is 0 Å². The minimum atomic E-state index is -3.92. The molecule has 0 rings (SSSR count). The van der Waals surface area contributed by atoms with Gasteiger partial charge in [0, 0.05) is 27.2 Å². The third-order valence-corrected chi connectivity index (χ3v) is 5.91. The Hall–Kier alpha value is -0.710. The predicted octanol–water partition coefficient (Wildman–Crippen LogP) is -0.307. The SMILES string of the molecule is CCN(CC)S(=O)(=O)N(C)S(=O)N(C)C(=O)O. The minimum absolute atomic E-state index is 0.219. The Kier molecular flexibility index (Phi) is 6.02. The van der Waals surface area contributed by atoms with Crippen molar-refractivity contribution >= 4 is 27.5 Å². The van der Waals surface area contributed by atoms with Crippen LogP contribution in [0.4, 0.5) is 4.79 Å². The van der Waals surface area contributed by atoms with E-state index in [1.54, 1.807) is 13.8 Å². The molecule has 0 saturated heterocycles. The Labute approximate surface area is 104 Å². The summed E-state index contributed by atoms with van der Waals surface area (Å²) in [5.74, 6) is 0. The van der Waals surface area contributed by atoms with Gasteiger partial charge in [-0.2, -0.15) is 12.7 Å². The zero-order valence-electron chi connectivity index (χ0n) is 10.2. The number of carboxylic acid groups (broad SMARTS) is 1. The highest BCUT2D eigenvalue weighted by Gasteiger charge is 2.32. The first kappa shape index (κ1) is 16.3. The second-order valence-electron chi connectivity index (χ2n) is 3.01. The highest BCUT2D eigenvalue weighted by atomic mass is 32.3. The second kappa shape index (κ2) is 6.28. The fourth-order valence-corrected chi connectivity index (χ4v) is 3.72. The highest BCUT2D eigenvalue weighted by Crippen LogP contribution is 2.10. The van der Waals surface area contributed by atoms with Crippen LogP contribution in [-0.4, -0.2) is 63.3 Å². The topological polar surface area (TPSA) is 98.2 Å². The summed E-state index contributed by atoms with van der Waals surface area (Å²) in [6, 6.07) is 0. The zero-order chi connectivity index (χ0) is 13.8. The molecule has 0 heterocycles. The van der Waals surface area contributed by atoms with Gasteiger partial charge in [0.05, 0.1) is 0 Å². The van der Waals surface area contributed by atoms with Crippen LogP contribution < -0.4 is 0 Å². The van der Waals surface area contributed by atoms with E-state index in [-0.39, 0.29) is 13.1 Å². The van der Waals surface area contributed by atoms with Gasteiger partial charge in [0.25, 0.3) is 10.2 Å². The van der Waals surface area contributed by atoms with Gasteiger partial charge in [-0.05, 0) is 0 Å². The van der Waals surface area contributed by atoms with Crippen molar-refractivity contribution in [2.45, 2.75) is 13.8 Å². The van der Waals surface area contributed by atoms with Crippen LogP contribution in [0.5, 0.6) is 0 Å². The van der Waals surface area contributed by atoms with Crippen molar-refractivity contribution in [3.8, 4) is 0 Å². The van der Waals surface area contributed by atoms with Gasteiger partial charge in [0.1, 0.15) is 0 Å². The number of rotatable bonds is 6. The summed E-state index contributed by atoms with van der Waals surface area (Å²) in [6.45, 7) is 3.71. The summed E-state index contributed by atoms with van der Waals surface area (Å²) in [6.07, 6.45) is -1.47. The molecule has 8 nitrogen and oxygen atoms in total. The van der Waals surface area contributed by atoms with Crippen molar-refractivity contribution in [2.24, 2.45) is 0 Å². The maximum Gasteiger partial charge on any atom is 0.420 e. The van der Waals surface area contributed by atoms with Gasteiger partial charge in [0.15, 0.2) is 0 Å². The van der Waals surface area contributed by atoms with E-state index in [1.165, 1.54) is 0 Å². The Bertz CT molecular complexity index is 392. The summed E-state index contributed by atoms with van der Waals surface area (Å²) in [5.41, 5.74) is 0. The molecule has 0 aromatic rings. The molecule has 1 amide bonds. The maximum absolute atomic E-state index is 11.9. The van der Waals surface area contributed by atoms with Gasteiger partial charge in [0.2, 0.25) is 11.2 Å². The third kappa shape index (κ3) is 3.63. The Balaban J connectivity index is 5.11. The van der Waals surface area contributed by atoms with Crippen LogP contribution in [0, 0.1) is 0 Å². The molecule has 0 aliphatic heterocycles. The lowest BCUT2D eigenvalue weighted by Crippen LogP contribution is -2.47. The van der Waals surface area contributed by atoms with Crippen LogP contribution in [-0.2, 0) is 21.4 Å². The largest absolute Gasteiger partial charge is 0.464 e.